The summed E-state index contributed by atoms with van der Waals surface area (Å²) in [4.78, 5) is 31.8. The van der Waals surface area contributed by atoms with Gasteiger partial charge in [-0.25, -0.2) is 9.59 Å². The number of carbonyl (C=O) groups is 2. The molecule has 9 nitrogen and oxygen atoms in total. The Kier molecular flexibility index (Phi) is 5.24. The molecule has 2 aromatic carbocycles. The quantitative estimate of drug-likeness (QED) is 0.257. The fourth-order valence-corrected chi connectivity index (χ4v) is 14.8. The Morgan fingerprint density at radius 3 is 1.51 bits per heavy atom. The fraction of sp³-hybridized carbons (Fsp3) is 0.611. The molecule has 270 valence electrons. The number of halogens is 6. The minimum atomic E-state index is -5.35. The molecule has 2 unspecified atom stereocenters. The third-order valence-electron chi connectivity index (χ3n) is 15.2. The van der Waals surface area contributed by atoms with E-state index in [1.807, 2.05) is 24.3 Å². The van der Waals surface area contributed by atoms with Crippen LogP contribution in [-0.2, 0) is 23.8 Å². The van der Waals surface area contributed by atoms with E-state index in [2.05, 4.69) is 0 Å². The van der Waals surface area contributed by atoms with Crippen molar-refractivity contribution in [3.05, 3.63) is 47.5 Å². The largest absolute Gasteiger partial charge is 0.496 e. The SMILES string of the molecule is COC(=O)[C@@]12O[C@@](C(=O)OC)([C@@H]3[C@H]1[C@@H]1C[C@H]3c3c1c(OC)c1ccccc1c3OC)[C@H]1[C@@H]2[C@H]2N3CN4[C@H]5C=C[C@@H]4[C@@](C(F)(F)F)([C@H]13)[C@]52C(F)(F)F. The topological polar surface area (TPSA) is 86.8 Å². The van der Waals surface area contributed by atoms with E-state index in [0.717, 1.165) is 25.0 Å². The fourth-order valence-electron chi connectivity index (χ4n) is 14.8. The lowest BCUT2D eigenvalue weighted by Gasteiger charge is -2.59. The molecule has 0 aromatic heterocycles. The number of methoxy groups -OCH3 is 4. The van der Waals surface area contributed by atoms with Crippen molar-refractivity contribution in [1.82, 2.24) is 9.80 Å². The highest BCUT2D eigenvalue weighted by Gasteiger charge is 3.05. The zero-order chi connectivity index (χ0) is 35.7. The second kappa shape index (κ2) is 8.62. The van der Waals surface area contributed by atoms with Gasteiger partial charge in [0.2, 0.25) is 0 Å². The van der Waals surface area contributed by atoms with Crippen molar-refractivity contribution in [3.8, 4) is 11.5 Å². The van der Waals surface area contributed by atoms with Gasteiger partial charge in [0.05, 0.1) is 35.1 Å². The Labute approximate surface area is 286 Å². The van der Waals surface area contributed by atoms with Gasteiger partial charge in [-0.05, 0) is 18.3 Å². The number of alkyl halides is 6. The van der Waals surface area contributed by atoms with E-state index in [1.165, 1.54) is 36.2 Å². The van der Waals surface area contributed by atoms with Gasteiger partial charge in [0.15, 0.2) is 11.2 Å². The molecular formula is C36H32F6N2O7. The first kappa shape index (κ1) is 31.0. The van der Waals surface area contributed by atoms with Crippen LogP contribution in [0.3, 0.4) is 0 Å². The Bertz CT molecular complexity index is 1920. The van der Waals surface area contributed by atoms with Gasteiger partial charge in [0.25, 0.3) is 0 Å². The number of carbonyl (C=O) groups excluding carboxylic acids is 2. The maximum atomic E-state index is 16.1. The lowest BCUT2D eigenvalue weighted by Crippen LogP contribution is -2.76. The minimum absolute atomic E-state index is 0.176. The third kappa shape index (κ3) is 2.56. The number of benzene rings is 2. The van der Waals surface area contributed by atoms with Crippen LogP contribution in [0.5, 0.6) is 11.5 Å². The van der Waals surface area contributed by atoms with Crippen molar-refractivity contribution in [2.45, 2.75) is 66.0 Å². The van der Waals surface area contributed by atoms with Crippen molar-refractivity contribution in [2.75, 3.05) is 35.1 Å². The molecule has 51 heavy (non-hydrogen) atoms. The second-order valence-electron chi connectivity index (χ2n) is 15.7. The van der Waals surface area contributed by atoms with Gasteiger partial charge in [0.1, 0.15) is 22.3 Å². The van der Waals surface area contributed by atoms with Crippen LogP contribution >= 0.6 is 0 Å². The van der Waals surface area contributed by atoms with E-state index in [9.17, 15) is 9.59 Å². The molecule has 15 heteroatoms. The summed E-state index contributed by atoms with van der Waals surface area (Å²) in [6.07, 6.45) is -7.84. The highest BCUT2D eigenvalue weighted by Crippen LogP contribution is 2.90. The number of ether oxygens (including phenoxy) is 5. The zero-order valence-corrected chi connectivity index (χ0v) is 27.7. The van der Waals surface area contributed by atoms with Crippen molar-refractivity contribution >= 4 is 22.7 Å². The summed E-state index contributed by atoms with van der Waals surface area (Å²) < 4.78 is 126. The van der Waals surface area contributed by atoms with Crippen molar-refractivity contribution < 1.29 is 59.6 Å². The highest BCUT2D eigenvalue weighted by molar-refractivity contribution is 5.98. The molecule has 2 aromatic rings. The smallest absolute Gasteiger partial charge is 0.398 e. The molecular weight excluding hydrogens is 686 g/mol. The van der Waals surface area contributed by atoms with Crippen molar-refractivity contribution in [2.24, 2.45) is 34.5 Å². The van der Waals surface area contributed by atoms with Crippen LogP contribution in [0.25, 0.3) is 10.8 Å². The van der Waals surface area contributed by atoms with Gasteiger partial charge in [-0.15, -0.1) is 0 Å². The first-order chi connectivity index (χ1) is 24.2. The summed E-state index contributed by atoms with van der Waals surface area (Å²) >= 11 is 0. The van der Waals surface area contributed by atoms with Gasteiger partial charge < -0.3 is 23.7 Å². The Morgan fingerprint density at radius 1 is 0.706 bits per heavy atom. The molecule has 16 atom stereocenters. The van der Waals surface area contributed by atoms with Gasteiger partial charge in [-0.3, -0.25) is 9.80 Å². The van der Waals surface area contributed by atoms with E-state index in [0.29, 0.717) is 29.0 Å². The third-order valence-corrected chi connectivity index (χ3v) is 15.2. The molecule has 1 saturated carbocycles. The highest BCUT2D eigenvalue weighted by atomic mass is 19.4. The van der Waals surface area contributed by atoms with E-state index >= 15 is 26.3 Å². The number of hydrogen-bond acceptors (Lipinski definition) is 9. The van der Waals surface area contributed by atoms with Crippen LogP contribution in [0.4, 0.5) is 26.3 Å². The second-order valence-corrected chi connectivity index (χ2v) is 15.7. The van der Waals surface area contributed by atoms with E-state index in [4.69, 9.17) is 23.7 Å². The van der Waals surface area contributed by atoms with E-state index in [-0.39, 0.29) is 6.67 Å². The normalized spacial score (nSPS) is 49.1. The maximum Gasteiger partial charge on any atom is 0.398 e. The standard InChI is InChI=1S/C36H32F6N2O7/c1-47-25-13-7-5-6-8-14(13)26(48-2)20-16-11-15(19(20)25)21-22(16)32(30(46)50-4)24-23(31(21,51-32)29(45)49-3)27-33(35(37,38)39)17-9-10-18-34(33,36(40,41)42)28(24)44(27)12-43(17)18/h5-10,15-18,21-24,27-28H,11-12H2,1-4H3/t15-,16+,17+,18-,21-,22+,23-,24+,27-,28+,31-,32+,33+,34-. The minimum Gasteiger partial charge on any atom is -0.496 e. The molecule has 0 radical (unpaired) electrons. The molecule has 0 spiro atoms. The van der Waals surface area contributed by atoms with Crippen molar-refractivity contribution in [3.63, 3.8) is 0 Å². The summed E-state index contributed by atoms with van der Waals surface area (Å²) in [7, 11) is 5.21. The van der Waals surface area contributed by atoms with Crippen LogP contribution in [0.1, 0.15) is 29.4 Å². The predicted octanol–water partition coefficient (Wildman–Crippen LogP) is 4.53. The molecule has 8 aliphatic heterocycles. The zero-order valence-electron chi connectivity index (χ0n) is 27.7. The van der Waals surface area contributed by atoms with Crippen LogP contribution < -0.4 is 9.47 Å². The van der Waals surface area contributed by atoms with Crippen molar-refractivity contribution in [1.29, 1.82) is 0 Å². The average Bonchev–Trinajstić information content (AvgIpc) is 3.96. The molecule has 12 bridgehead atoms. The Balaban J connectivity index is 1.24. The molecule has 10 aliphatic rings. The molecule has 8 heterocycles. The molecule has 0 N–H and O–H groups in total. The summed E-state index contributed by atoms with van der Waals surface area (Å²) in [6, 6.07) is 0.512. The summed E-state index contributed by atoms with van der Waals surface area (Å²) in [5.74, 6) is -6.93. The number of nitrogens with zero attached hydrogens (tertiary/aromatic N) is 2. The number of fused-ring (bicyclic) bond motifs is 16. The van der Waals surface area contributed by atoms with Gasteiger partial charge in [-0.1, -0.05) is 36.4 Å². The van der Waals surface area contributed by atoms with E-state index in [1.54, 1.807) is 0 Å². The summed E-state index contributed by atoms with van der Waals surface area (Å²) in [5.41, 5.74) is -9.63. The lowest BCUT2D eigenvalue weighted by atomic mass is 9.40. The van der Waals surface area contributed by atoms with Crippen LogP contribution in [0.15, 0.2) is 36.4 Å². The molecule has 12 rings (SSSR count). The summed E-state index contributed by atoms with van der Waals surface area (Å²) in [5, 5.41) is 1.44. The van der Waals surface area contributed by atoms with Gasteiger partial charge >= 0.3 is 24.3 Å². The average molecular weight is 719 g/mol. The molecule has 8 fully saturated rings. The Hall–Kier alpha value is -3.56. The maximum absolute atomic E-state index is 16.1. The molecule has 0 amide bonds. The van der Waals surface area contributed by atoms with E-state index < -0.39 is 106 Å². The Morgan fingerprint density at radius 2 is 1.14 bits per heavy atom. The molecule has 2 aliphatic carbocycles. The van der Waals surface area contributed by atoms with Gasteiger partial charge in [-0.2, -0.15) is 26.3 Å². The summed E-state index contributed by atoms with van der Waals surface area (Å²) in [6.45, 7) is -0.176. The first-order valence-corrected chi connectivity index (χ1v) is 17.1. The first-order valence-electron chi connectivity index (χ1n) is 17.1. The van der Waals surface area contributed by atoms with Gasteiger partial charge in [0, 0.05) is 69.7 Å². The van der Waals surface area contributed by atoms with Crippen LogP contribution in [0.2, 0.25) is 0 Å². The number of esters is 2. The van der Waals surface area contributed by atoms with Crippen LogP contribution in [0, 0.1) is 34.5 Å². The lowest BCUT2D eigenvalue weighted by molar-refractivity contribution is -0.346. The number of hydrogen-bond donors (Lipinski definition) is 0. The number of rotatable bonds is 4. The van der Waals surface area contributed by atoms with Crippen LogP contribution in [-0.4, -0.2) is 105 Å². The molecule has 7 saturated heterocycles. The monoisotopic (exact) mass is 718 g/mol. The predicted molar refractivity (Wildman–Crippen MR) is 162 cm³/mol.